The summed E-state index contributed by atoms with van der Waals surface area (Å²) in [6.07, 6.45) is 1.41. The number of hydrogen-bond acceptors (Lipinski definition) is 5. The van der Waals surface area contributed by atoms with Crippen LogP contribution in [0.25, 0.3) is 0 Å². The highest BCUT2D eigenvalue weighted by molar-refractivity contribution is 5.99. The molecule has 2 aromatic heterocycles. The van der Waals surface area contributed by atoms with Gasteiger partial charge in [0.2, 0.25) is 5.91 Å². The zero-order valence-corrected chi connectivity index (χ0v) is 14.2. The Balaban J connectivity index is 2.09. The van der Waals surface area contributed by atoms with E-state index < -0.39 is 11.9 Å². The van der Waals surface area contributed by atoms with Gasteiger partial charge in [0.25, 0.3) is 5.91 Å². The summed E-state index contributed by atoms with van der Waals surface area (Å²) in [7, 11) is 3.74. The van der Waals surface area contributed by atoms with Crippen molar-refractivity contribution in [2.75, 3.05) is 24.3 Å². The van der Waals surface area contributed by atoms with Gasteiger partial charge in [0, 0.05) is 14.1 Å². The van der Waals surface area contributed by atoms with Crippen molar-refractivity contribution >= 4 is 23.5 Å². The maximum Gasteiger partial charge on any atom is 0.287 e. The molecule has 0 fully saturated rings. The van der Waals surface area contributed by atoms with Crippen molar-refractivity contribution in [3.8, 4) is 0 Å². The summed E-state index contributed by atoms with van der Waals surface area (Å²) in [5, 5.41) is 5.44. The van der Waals surface area contributed by atoms with Crippen LogP contribution in [0, 0.1) is 5.92 Å². The zero-order chi connectivity index (χ0) is 17.7. The van der Waals surface area contributed by atoms with E-state index in [4.69, 9.17) is 4.42 Å². The highest BCUT2D eigenvalue weighted by Crippen LogP contribution is 2.13. The zero-order valence-electron chi connectivity index (χ0n) is 14.2. The minimum atomic E-state index is -0.701. The fourth-order valence-corrected chi connectivity index (χ4v) is 2.10. The SMILES string of the molecule is CC(C)C(NC(=O)c1ccco1)C(=O)Nc1cccc(N(C)C)n1. The van der Waals surface area contributed by atoms with Gasteiger partial charge in [0.15, 0.2) is 5.76 Å². The predicted molar refractivity (Wildman–Crippen MR) is 92.0 cm³/mol. The van der Waals surface area contributed by atoms with Crippen LogP contribution in [0.3, 0.4) is 0 Å². The average Bonchev–Trinajstić information content (AvgIpc) is 3.06. The molecule has 2 amide bonds. The molecule has 1 unspecified atom stereocenters. The summed E-state index contributed by atoms with van der Waals surface area (Å²) in [5.41, 5.74) is 0. The standard InChI is InChI=1S/C17H22N4O3/c1-11(2)15(20-16(22)12-7-6-10-24-12)17(23)19-13-8-5-9-14(18-13)21(3)4/h5-11,15H,1-4H3,(H,20,22)(H,18,19,23). The van der Waals surface area contributed by atoms with E-state index in [1.807, 2.05) is 45.0 Å². The molecule has 2 heterocycles. The minimum absolute atomic E-state index is 0.0963. The molecule has 2 N–H and O–H groups in total. The first-order chi connectivity index (χ1) is 11.4. The Hall–Kier alpha value is -2.83. The monoisotopic (exact) mass is 330 g/mol. The average molecular weight is 330 g/mol. The first-order valence-corrected chi connectivity index (χ1v) is 7.68. The molecule has 24 heavy (non-hydrogen) atoms. The lowest BCUT2D eigenvalue weighted by atomic mass is 10.0. The van der Waals surface area contributed by atoms with E-state index in [-0.39, 0.29) is 17.6 Å². The van der Waals surface area contributed by atoms with Gasteiger partial charge < -0.3 is 20.0 Å². The molecular formula is C17H22N4O3. The molecule has 2 aromatic rings. The van der Waals surface area contributed by atoms with Crippen LogP contribution in [0.15, 0.2) is 41.0 Å². The van der Waals surface area contributed by atoms with Gasteiger partial charge in [-0.05, 0) is 30.2 Å². The van der Waals surface area contributed by atoms with Crippen LogP contribution in [0.1, 0.15) is 24.4 Å². The first kappa shape index (κ1) is 17.5. The van der Waals surface area contributed by atoms with Crippen molar-refractivity contribution in [2.45, 2.75) is 19.9 Å². The molecule has 0 aliphatic heterocycles. The van der Waals surface area contributed by atoms with Crippen LogP contribution >= 0.6 is 0 Å². The fourth-order valence-electron chi connectivity index (χ4n) is 2.10. The topological polar surface area (TPSA) is 87.5 Å². The van der Waals surface area contributed by atoms with Gasteiger partial charge in [-0.2, -0.15) is 0 Å². The normalized spacial score (nSPS) is 11.9. The van der Waals surface area contributed by atoms with Gasteiger partial charge in [-0.1, -0.05) is 19.9 Å². The molecule has 0 radical (unpaired) electrons. The van der Waals surface area contributed by atoms with E-state index in [9.17, 15) is 9.59 Å². The maximum absolute atomic E-state index is 12.5. The molecule has 7 nitrogen and oxygen atoms in total. The van der Waals surface area contributed by atoms with E-state index in [0.717, 1.165) is 5.82 Å². The lowest BCUT2D eigenvalue weighted by Gasteiger charge is -2.21. The van der Waals surface area contributed by atoms with Gasteiger partial charge in [-0.25, -0.2) is 4.98 Å². The molecule has 0 aliphatic carbocycles. The van der Waals surface area contributed by atoms with E-state index in [0.29, 0.717) is 5.82 Å². The molecule has 1 atom stereocenters. The predicted octanol–water partition coefficient (Wildman–Crippen LogP) is 2.13. The van der Waals surface area contributed by atoms with Crippen LogP contribution in [0.2, 0.25) is 0 Å². The van der Waals surface area contributed by atoms with Crippen LogP contribution in [0.4, 0.5) is 11.6 Å². The number of hydrogen-bond donors (Lipinski definition) is 2. The molecule has 0 saturated heterocycles. The van der Waals surface area contributed by atoms with Gasteiger partial charge in [0.1, 0.15) is 17.7 Å². The first-order valence-electron chi connectivity index (χ1n) is 7.68. The number of amides is 2. The highest BCUT2D eigenvalue weighted by Gasteiger charge is 2.26. The molecule has 0 spiro atoms. The van der Waals surface area contributed by atoms with Crippen molar-refractivity contribution in [1.82, 2.24) is 10.3 Å². The Morgan fingerprint density at radius 1 is 1.17 bits per heavy atom. The molecule has 128 valence electrons. The fraction of sp³-hybridized carbons (Fsp3) is 0.353. The molecule has 7 heteroatoms. The molecule has 2 rings (SSSR count). The van der Waals surface area contributed by atoms with Gasteiger partial charge in [-0.3, -0.25) is 9.59 Å². The maximum atomic E-state index is 12.5. The molecule has 0 bridgehead atoms. The van der Waals surface area contributed by atoms with Crippen LogP contribution < -0.4 is 15.5 Å². The van der Waals surface area contributed by atoms with Crippen molar-refractivity contribution < 1.29 is 14.0 Å². The number of rotatable bonds is 6. The van der Waals surface area contributed by atoms with Crippen molar-refractivity contribution in [1.29, 1.82) is 0 Å². The van der Waals surface area contributed by atoms with Crippen molar-refractivity contribution in [3.05, 3.63) is 42.4 Å². The second-order valence-corrected chi connectivity index (χ2v) is 5.94. The summed E-state index contributed by atoms with van der Waals surface area (Å²) < 4.78 is 5.05. The smallest absolute Gasteiger partial charge is 0.287 e. The quantitative estimate of drug-likeness (QED) is 0.847. The lowest BCUT2D eigenvalue weighted by Crippen LogP contribution is -2.47. The van der Waals surface area contributed by atoms with Gasteiger partial charge in [-0.15, -0.1) is 0 Å². The van der Waals surface area contributed by atoms with E-state index in [1.54, 1.807) is 18.2 Å². The van der Waals surface area contributed by atoms with Crippen LogP contribution in [0.5, 0.6) is 0 Å². The third-order valence-corrected chi connectivity index (χ3v) is 3.42. The summed E-state index contributed by atoms with van der Waals surface area (Å²) in [6.45, 7) is 3.71. The second-order valence-electron chi connectivity index (χ2n) is 5.94. The Morgan fingerprint density at radius 3 is 2.50 bits per heavy atom. The van der Waals surface area contributed by atoms with E-state index in [1.165, 1.54) is 6.26 Å². The second kappa shape index (κ2) is 7.63. The molecule has 0 aromatic carbocycles. The Bertz CT molecular complexity index is 696. The largest absolute Gasteiger partial charge is 0.459 e. The van der Waals surface area contributed by atoms with Crippen molar-refractivity contribution in [3.63, 3.8) is 0 Å². The number of carbonyl (C=O) groups excluding carboxylic acids is 2. The third-order valence-electron chi connectivity index (χ3n) is 3.42. The number of furan rings is 1. The summed E-state index contributed by atoms with van der Waals surface area (Å²) >= 11 is 0. The summed E-state index contributed by atoms with van der Waals surface area (Å²) in [6, 6.07) is 7.82. The highest BCUT2D eigenvalue weighted by atomic mass is 16.3. The van der Waals surface area contributed by atoms with Crippen molar-refractivity contribution in [2.24, 2.45) is 5.92 Å². The van der Waals surface area contributed by atoms with Gasteiger partial charge in [0.05, 0.1) is 6.26 Å². The van der Waals surface area contributed by atoms with Crippen LogP contribution in [-0.4, -0.2) is 36.9 Å². The molecule has 0 aliphatic rings. The number of aromatic nitrogens is 1. The summed E-state index contributed by atoms with van der Waals surface area (Å²) in [5.74, 6) is 0.483. The van der Waals surface area contributed by atoms with E-state index in [2.05, 4.69) is 15.6 Å². The van der Waals surface area contributed by atoms with Crippen LogP contribution in [-0.2, 0) is 4.79 Å². The Kier molecular flexibility index (Phi) is 5.57. The Labute approximate surface area is 141 Å². The number of carbonyl (C=O) groups is 2. The number of nitrogens with zero attached hydrogens (tertiary/aromatic N) is 2. The molecule has 0 saturated carbocycles. The summed E-state index contributed by atoms with van der Waals surface area (Å²) in [4.78, 5) is 30.8. The number of pyridine rings is 1. The molecular weight excluding hydrogens is 308 g/mol. The number of nitrogens with one attached hydrogen (secondary N) is 2. The number of anilines is 2. The Morgan fingerprint density at radius 2 is 1.92 bits per heavy atom. The van der Waals surface area contributed by atoms with E-state index >= 15 is 0 Å². The lowest BCUT2D eigenvalue weighted by molar-refractivity contribution is -0.118. The van der Waals surface area contributed by atoms with Gasteiger partial charge >= 0.3 is 0 Å². The minimum Gasteiger partial charge on any atom is -0.459 e. The third kappa shape index (κ3) is 4.34.